The van der Waals surface area contributed by atoms with E-state index in [2.05, 4.69) is 37.7 Å². The van der Waals surface area contributed by atoms with Gasteiger partial charge in [0, 0.05) is 55.9 Å². The minimum atomic E-state index is 0.205. The molecular weight excluding hydrogens is 390 g/mol. The molecule has 2 N–H and O–H groups in total. The van der Waals surface area contributed by atoms with Gasteiger partial charge in [0.2, 0.25) is 5.91 Å². The Bertz CT molecular complexity index is 937. The van der Waals surface area contributed by atoms with Crippen molar-refractivity contribution in [2.75, 3.05) is 44.2 Å². The average molecular weight is 424 g/mol. The Kier molecular flexibility index (Phi) is 5.11. The summed E-state index contributed by atoms with van der Waals surface area (Å²) in [5.74, 6) is 1.83. The Labute approximate surface area is 183 Å². The number of piperazine rings is 1. The topological polar surface area (TPSA) is 73.6 Å². The quantitative estimate of drug-likeness (QED) is 0.789. The smallest absolute Gasteiger partial charge is 0.224 e. The molecular formula is C24H33N5O2. The highest BCUT2D eigenvalue weighted by molar-refractivity contribution is 5.81. The van der Waals surface area contributed by atoms with Crippen molar-refractivity contribution in [1.29, 1.82) is 0 Å². The van der Waals surface area contributed by atoms with E-state index < -0.39 is 0 Å². The van der Waals surface area contributed by atoms with E-state index in [-0.39, 0.29) is 5.92 Å². The Morgan fingerprint density at radius 3 is 2.94 bits per heavy atom. The molecule has 6 rings (SSSR count). The second-order valence-electron chi connectivity index (χ2n) is 10.0. The number of hydrogen-bond donors (Lipinski definition) is 2. The van der Waals surface area contributed by atoms with E-state index in [0.717, 1.165) is 63.0 Å². The number of carbonyl (C=O) groups excluding carboxylic acids is 1. The van der Waals surface area contributed by atoms with Crippen LogP contribution in [-0.2, 0) is 4.79 Å². The van der Waals surface area contributed by atoms with E-state index in [4.69, 9.17) is 4.52 Å². The van der Waals surface area contributed by atoms with Gasteiger partial charge < -0.3 is 20.1 Å². The summed E-state index contributed by atoms with van der Waals surface area (Å²) >= 11 is 0. The molecule has 3 saturated heterocycles. The van der Waals surface area contributed by atoms with E-state index in [1.165, 1.54) is 25.1 Å². The third-order valence-electron chi connectivity index (χ3n) is 8.23. The van der Waals surface area contributed by atoms with Crippen molar-refractivity contribution in [1.82, 2.24) is 20.7 Å². The van der Waals surface area contributed by atoms with Crippen molar-refractivity contribution in [2.24, 2.45) is 17.8 Å². The molecule has 4 fully saturated rings. The van der Waals surface area contributed by atoms with Gasteiger partial charge in [-0.25, -0.2) is 0 Å². The lowest BCUT2D eigenvalue weighted by atomic mass is 9.67. The summed E-state index contributed by atoms with van der Waals surface area (Å²) in [5.41, 5.74) is 2.11. The van der Waals surface area contributed by atoms with Crippen LogP contribution in [-0.4, -0.2) is 67.3 Å². The van der Waals surface area contributed by atoms with Gasteiger partial charge in [0.1, 0.15) is 0 Å². The molecule has 0 spiro atoms. The average Bonchev–Trinajstić information content (AvgIpc) is 3.28. The highest BCUT2D eigenvalue weighted by atomic mass is 16.5. The Morgan fingerprint density at radius 2 is 2.03 bits per heavy atom. The van der Waals surface area contributed by atoms with E-state index in [9.17, 15) is 4.79 Å². The van der Waals surface area contributed by atoms with Gasteiger partial charge in [0.05, 0.1) is 12.1 Å². The van der Waals surface area contributed by atoms with Crippen LogP contribution in [0, 0.1) is 17.8 Å². The van der Waals surface area contributed by atoms with Gasteiger partial charge in [-0.2, -0.15) is 0 Å². The summed E-state index contributed by atoms with van der Waals surface area (Å²) < 4.78 is 5.23. The van der Waals surface area contributed by atoms with Crippen molar-refractivity contribution in [3.05, 3.63) is 24.4 Å². The number of piperidine rings is 2. The summed E-state index contributed by atoms with van der Waals surface area (Å²) in [5, 5.41) is 12.1. The van der Waals surface area contributed by atoms with Crippen LogP contribution in [0.4, 0.5) is 5.69 Å². The number of aromatic nitrogens is 1. The number of nitrogens with one attached hydrogen (secondary N) is 2. The Balaban J connectivity index is 1.03. The number of hydrogen-bond acceptors (Lipinski definition) is 6. The molecule has 5 unspecified atom stereocenters. The molecule has 1 amide bonds. The number of nitrogens with zero attached hydrogens (tertiary/aromatic N) is 3. The molecule has 0 radical (unpaired) electrons. The molecule has 1 aromatic heterocycles. The maximum absolute atomic E-state index is 12.6. The lowest BCUT2D eigenvalue weighted by Crippen LogP contribution is -2.64. The highest BCUT2D eigenvalue weighted by Gasteiger charge is 2.47. The van der Waals surface area contributed by atoms with E-state index in [1.54, 1.807) is 6.20 Å². The molecule has 31 heavy (non-hydrogen) atoms. The predicted octanol–water partition coefficient (Wildman–Crippen LogP) is 2.23. The third kappa shape index (κ3) is 3.72. The summed E-state index contributed by atoms with van der Waals surface area (Å²) in [4.78, 5) is 17.7. The van der Waals surface area contributed by atoms with Crippen LogP contribution >= 0.6 is 0 Å². The first kappa shape index (κ1) is 19.6. The van der Waals surface area contributed by atoms with Crippen LogP contribution in [0.25, 0.3) is 11.0 Å². The molecule has 4 heterocycles. The van der Waals surface area contributed by atoms with Gasteiger partial charge in [-0.05, 0) is 68.7 Å². The summed E-state index contributed by atoms with van der Waals surface area (Å²) in [6, 6.07) is 7.13. The molecule has 7 nitrogen and oxygen atoms in total. The van der Waals surface area contributed by atoms with Crippen LogP contribution in [0.1, 0.15) is 32.1 Å². The minimum absolute atomic E-state index is 0.205. The molecule has 166 valence electrons. The van der Waals surface area contributed by atoms with Gasteiger partial charge in [-0.3, -0.25) is 9.69 Å². The fourth-order valence-corrected chi connectivity index (χ4v) is 6.60. The fourth-order valence-electron chi connectivity index (χ4n) is 6.60. The first-order valence-electron chi connectivity index (χ1n) is 12.1. The Morgan fingerprint density at radius 1 is 1.13 bits per heavy atom. The zero-order valence-corrected chi connectivity index (χ0v) is 18.1. The van der Waals surface area contributed by atoms with Crippen molar-refractivity contribution in [3.63, 3.8) is 0 Å². The van der Waals surface area contributed by atoms with E-state index in [0.29, 0.717) is 29.8 Å². The maximum atomic E-state index is 12.6. The molecule has 1 aliphatic carbocycles. The molecule has 2 aromatic rings. The van der Waals surface area contributed by atoms with Crippen LogP contribution < -0.4 is 15.5 Å². The van der Waals surface area contributed by atoms with Gasteiger partial charge in [0.25, 0.3) is 0 Å². The number of carbonyl (C=O) groups is 1. The minimum Gasteiger partial charge on any atom is -0.369 e. The normalized spacial score (nSPS) is 34.3. The lowest BCUT2D eigenvalue weighted by Gasteiger charge is -2.50. The number of fused-ring (bicyclic) bond motifs is 4. The van der Waals surface area contributed by atoms with Gasteiger partial charge in [0.15, 0.2) is 5.58 Å². The molecule has 3 aliphatic heterocycles. The number of anilines is 1. The predicted molar refractivity (Wildman–Crippen MR) is 120 cm³/mol. The second kappa shape index (κ2) is 8.10. The van der Waals surface area contributed by atoms with E-state index >= 15 is 0 Å². The van der Waals surface area contributed by atoms with E-state index in [1.807, 2.05) is 6.07 Å². The van der Waals surface area contributed by atoms with Crippen LogP contribution in [0.2, 0.25) is 0 Å². The number of rotatable bonds is 3. The molecule has 1 saturated carbocycles. The second-order valence-corrected chi connectivity index (χ2v) is 10.0. The summed E-state index contributed by atoms with van der Waals surface area (Å²) in [6.45, 7) is 6.56. The van der Waals surface area contributed by atoms with Gasteiger partial charge >= 0.3 is 0 Å². The van der Waals surface area contributed by atoms with Crippen LogP contribution in [0.5, 0.6) is 0 Å². The molecule has 0 bridgehead atoms. The highest BCUT2D eigenvalue weighted by Crippen LogP contribution is 2.39. The fraction of sp³-hybridized carbons (Fsp3) is 0.667. The molecule has 5 atom stereocenters. The van der Waals surface area contributed by atoms with Gasteiger partial charge in [-0.1, -0.05) is 5.16 Å². The molecule has 4 aliphatic rings. The monoisotopic (exact) mass is 423 g/mol. The zero-order valence-electron chi connectivity index (χ0n) is 18.1. The lowest BCUT2D eigenvalue weighted by molar-refractivity contribution is -0.133. The Hall–Kier alpha value is -2.12. The third-order valence-corrected chi connectivity index (χ3v) is 8.23. The number of amides is 1. The van der Waals surface area contributed by atoms with Crippen molar-refractivity contribution >= 4 is 22.6 Å². The van der Waals surface area contributed by atoms with Gasteiger partial charge in [-0.15, -0.1) is 0 Å². The molecule has 1 aromatic carbocycles. The van der Waals surface area contributed by atoms with Crippen molar-refractivity contribution < 1.29 is 9.32 Å². The molecule has 7 heteroatoms. The first-order valence-corrected chi connectivity index (χ1v) is 12.1. The summed E-state index contributed by atoms with van der Waals surface area (Å²) in [6.07, 6.45) is 7.68. The largest absolute Gasteiger partial charge is 0.369 e. The zero-order chi connectivity index (χ0) is 20.8. The van der Waals surface area contributed by atoms with Crippen LogP contribution in [0.3, 0.4) is 0 Å². The SMILES string of the molecule is O=C1NC2CC(CN3CCN(c4ccc5oncc5c4)CC3)CCC2C2NCCCC12. The first-order chi connectivity index (χ1) is 15.2. The standard InChI is InChI=1S/C24H33N5O2/c30-24-20-2-1-7-25-23(20)19-5-3-16(12-21(19)27-24)15-28-8-10-29(11-9-28)18-4-6-22-17(13-18)14-26-31-22/h4,6,13-14,16,19-21,23,25H,1-3,5,7-12,15H2,(H,27,30). The van der Waals surface area contributed by atoms with Crippen molar-refractivity contribution in [3.8, 4) is 0 Å². The van der Waals surface area contributed by atoms with Crippen molar-refractivity contribution in [2.45, 2.75) is 44.2 Å². The number of benzene rings is 1. The van der Waals surface area contributed by atoms with Crippen LogP contribution in [0.15, 0.2) is 28.9 Å². The maximum Gasteiger partial charge on any atom is 0.224 e. The summed E-state index contributed by atoms with van der Waals surface area (Å²) in [7, 11) is 0.